The molecule has 106 valence electrons. The summed E-state index contributed by atoms with van der Waals surface area (Å²) in [5.41, 5.74) is 2.37. The molecule has 1 heterocycles. The highest BCUT2D eigenvalue weighted by molar-refractivity contribution is 5.95. The van der Waals surface area contributed by atoms with Gasteiger partial charge in [-0.1, -0.05) is 18.2 Å². The van der Waals surface area contributed by atoms with Gasteiger partial charge in [0.1, 0.15) is 11.3 Å². The van der Waals surface area contributed by atoms with Crippen LogP contribution in [0.1, 0.15) is 5.56 Å². The monoisotopic (exact) mass is 281 g/mol. The van der Waals surface area contributed by atoms with Gasteiger partial charge in [0.25, 0.3) is 0 Å². The first-order valence-corrected chi connectivity index (χ1v) is 6.65. The van der Waals surface area contributed by atoms with Gasteiger partial charge in [0, 0.05) is 22.7 Å². The fraction of sp³-hybridized carbons (Fsp3) is 0.118. The van der Waals surface area contributed by atoms with E-state index in [4.69, 9.17) is 9.15 Å². The molecule has 0 bridgehead atoms. The van der Waals surface area contributed by atoms with Crippen LogP contribution in [0.4, 0.5) is 5.69 Å². The molecule has 1 amide bonds. The van der Waals surface area contributed by atoms with Gasteiger partial charge in [-0.15, -0.1) is 0 Å². The molecule has 0 aliphatic carbocycles. The van der Waals surface area contributed by atoms with Crippen LogP contribution >= 0.6 is 0 Å². The number of fused-ring (bicyclic) bond motifs is 1. The molecular weight excluding hydrogens is 266 g/mol. The number of ether oxygens (including phenoxy) is 1. The molecule has 0 radical (unpaired) electrons. The van der Waals surface area contributed by atoms with E-state index in [0.717, 1.165) is 28.0 Å². The molecule has 3 rings (SSSR count). The lowest BCUT2D eigenvalue weighted by Gasteiger charge is -2.04. The van der Waals surface area contributed by atoms with Crippen LogP contribution in [-0.4, -0.2) is 13.0 Å². The Kier molecular flexibility index (Phi) is 3.60. The van der Waals surface area contributed by atoms with Gasteiger partial charge in [-0.2, -0.15) is 0 Å². The molecule has 1 aromatic heterocycles. The Balaban J connectivity index is 1.77. The summed E-state index contributed by atoms with van der Waals surface area (Å²) < 4.78 is 10.6. The lowest BCUT2D eigenvalue weighted by atomic mass is 10.1. The van der Waals surface area contributed by atoms with Crippen molar-refractivity contribution in [3.8, 4) is 5.75 Å². The lowest BCUT2D eigenvalue weighted by molar-refractivity contribution is -0.115. The van der Waals surface area contributed by atoms with Crippen LogP contribution in [0.2, 0.25) is 0 Å². The van der Waals surface area contributed by atoms with Crippen LogP contribution in [0.3, 0.4) is 0 Å². The zero-order valence-electron chi connectivity index (χ0n) is 11.6. The molecule has 21 heavy (non-hydrogen) atoms. The number of anilines is 1. The quantitative estimate of drug-likeness (QED) is 0.794. The molecular formula is C17H15NO3. The van der Waals surface area contributed by atoms with E-state index in [1.54, 1.807) is 13.4 Å². The second kappa shape index (κ2) is 5.71. The van der Waals surface area contributed by atoms with Crippen molar-refractivity contribution >= 4 is 22.6 Å². The maximum atomic E-state index is 12.1. The van der Waals surface area contributed by atoms with Crippen LogP contribution in [0.25, 0.3) is 11.0 Å². The first-order chi connectivity index (χ1) is 10.3. The van der Waals surface area contributed by atoms with Crippen LogP contribution in [-0.2, 0) is 11.2 Å². The number of carbonyl (C=O) groups is 1. The summed E-state index contributed by atoms with van der Waals surface area (Å²) in [6.07, 6.45) is 1.89. The Labute approximate surface area is 122 Å². The van der Waals surface area contributed by atoms with Crippen molar-refractivity contribution in [1.82, 2.24) is 0 Å². The van der Waals surface area contributed by atoms with Crippen LogP contribution in [0, 0.1) is 0 Å². The second-order valence-electron chi connectivity index (χ2n) is 4.71. The molecule has 1 N–H and O–H groups in total. The van der Waals surface area contributed by atoms with Crippen LogP contribution in [0.15, 0.2) is 59.2 Å². The first-order valence-electron chi connectivity index (χ1n) is 6.65. The minimum atomic E-state index is -0.0697. The molecule has 4 nitrogen and oxygen atoms in total. The SMILES string of the molecule is COc1ccc2c(CC(=O)Nc3ccccc3)coc2c1. The summed E-state index contributed by atoms with van der Waals surface area (Å²) in [5, 5.41) is 3.79. The van der Waals surface area contributed by atoms with Crippen LogP contribution in [0.5, 0.6) is 5.75 Å². The van der Waals surface area contributed by atoms with Gasteiger partial charge < -0.3 is 14.5 Å². The molecule has 0 aliphatic heterocycles. The fourth-order valence-corrected chi connectivity index (χ4v) is 2.23. The third-order valence-corrected chi connectivity index (χ3v) is 3.27. The molecule has 2 aromatic carbocycles. The van der Waals surface area contributed by atoms with E-state index in [1.165, 1.54) is 0 Å². The van der Waals surface area contributed by atoms with E-state index in [9.17, 15) is 4.79 Å². The molecule has 4 heteroatoms. The third-order valence-electron chi connectivity index (χ3n) is 3.27. The number of rotatable bonds is 4. The number of benzene rings is 2. The molecule has 0 saturated carbocycles. The standard InChI is InChI=1S/C17H15NO3/c1-20-14-7-8-15-12(11-21-16(15)10-14)9-17(19)18-13-5-3-2-4-6-13/h2-8,10-11H,9H2,1H3,(H,18,19). The highest BCUT2D eigenvalue weighted by Crippen LogP contribution is 2.26. The topological polar surface area (TPSA) is 51.5 Å². The van der Waals surface area contributed by atoms with Gasteiger partial charge in [0.15, 0.2) is 0 Å². The van der Waals surface area contributed by atoms with Gasteiger partial charge in [-0.3, -0.25) is 4.79 Å². The fourth-order valence-electron chi connectivity index (χ4n) is 2.23. The maximum absolute atomic E-state index is 12.1. The first kappa shape index (κ1) is 13.2. The molecule has 0 spiro atoms. The Morgan fingerprint density at radius 3 is 2.76 bits per heavy atom. The summed E-state index contributed by atoms with van der Waals surface area (Å²) in [5.74, 6) is 0.664. The van der Waals surface area contributed by atoms with E-state index in [-0.39, 0.29) is 12.3 Å². The Morgan fingerprint density at radius 1 is 1.19 bits per heavy atom. The number of para-hydroxylation sites is 1. The van der Waals surface area contributed by atoms with E-state index in [0.29, 0.717) is 0 Å². The van der Waals surface area contributed by atoms with E-state index in [1.807, 2.05) is 48.5 Å². The van der Waals surface area contributed by atoms with Crippen molar-refractivity contribution in [2.24, 2.45) is 0 Å². The zero-order valence-corrected chi connectivity index (χ0v) is 11.6. The molecule has 0 unspecified atom stereocenters. The van der Waals surface area contributed by atoms with Gasteiger partial charge in [-0.05, 0) is 24.3 Å². The van der Waals surface area contributed by atoms with E-state index in [2.05, 4.69) is 5.32 Å². The van der Waals surface area contributed by atoms with Crippen LogP contribution < -0.4 is 10.1 Å². The number of furan rings is 1. The van der Waals surface area contributed by atoms with Gasteiger partial charge in [-0.25, -0.2) is 0 Å². The largest absolute Gasteiger partial charge is 0.497 e. The van der Waals surface area contributed by atoms with E-state index >= 15 is 0 Å². The third kappa shape index (κ3) is 2.89. The molecule has 0 atom stereocenters. The van der Waals surface area contributed by atoms with Gasteiger partial charge in [0.05, 0.1) is 19.8 Å². The Hall–Kier alpha value is -2.75. The average Bonchev–Trinajstić information content (AvgIpc) is 2.90. The Morgan fingerprint density at radius 2 is 2.00 bits per heavy atom. The van der Waals surface area contributed by atoms with Crippen molar-refractivity contribution in [1.29, 1.82) is 0 Å². The highest BCUT2D eigenvalue weighted by atomic mass is 16.5. The highest BCUT2D eigenvalue weighted by Gasteiger charge is 2.11. The lowest BCUT2D eigenvalue weighted by Crippen LogP contribution is -2.13. The number of carbonyl (C=O) groups excluding carboxylic acids is 1. The van der Waals surface area contributed by atoms with E-state index < -0.39 is 0 Å². The maximum Gasteiger partial charge on any atom is 0.228 e. The normalized spacial score (nSPS) is 10.5. The molecule has 3 aromatic rings. The zero-order chi connectivity index (χ0) is 14.7. The summed E-state index contributed by atoms with van der Waals surface area (Å²) >= 11 is 0. The summed E-state index contributed by atoms with van der Waals surface area (Å²) in [6, 6.07) is 15.0. The van der Waals surface area contributed by atoms with Gasteiger partial charge in [0.2, 0.25) is 5.91 Å². The minimum absolute atomic E-state index is 0.0697. The number of methoxy groups -OCH3 is 1. The summed E-state index contributed by atoms with van der Waals surface area (Å²) in [4.78, 5) is 12.1. The Bertz CT molecular complexity index is 762. The van der Waals surface area contributed by atoms with Crippen molar-refractivity contribution in [2.75, 3.05) is 12.4 Å². The second-order valence-corrected chi connectivity index (χ2v) is 4.71. The predicted molar refractivity (Wildman–Crippen MR) is 81.5 cm³/mol. The molecule has 0 aliphatic rings. The summed E-state index contributed by atoms with van der Waals surface area (Å²) in [6.45, 7) is 0. The minimum Gasteiger partial charge on any atom is -0.497 e. The number of nitrogens with one attached hydrogen (secondary N) is 1. The van der Waals surface area contributed by atoms with Gasteiger partial charge >= 0.3 is 0 Å². The van der Waals surface area contributed by atoms with Crippen molar-refractivity contribution in [3.63, 3.8) is 0 Å². The van der Waals surface area contributed by atoms with Crippen molar-refractivity contribution < 1.29 is 13.9 Å². The smallest absolute Gasteiger partial charge is 0.228 e. The molecule has 0 fully saturated rings. The average molecular weight is 281 g/mol. The van der Waals surface area contributed by atoms with Crippen molar-refractivity contribution in [2.45, 2.75) is 6.42 Å². The summed E-state index contributed by atoms with van der Waals surface area (Å²) in [7, 11) is 1.61. The predicted octanol–water partition coefficient (Wildman–Crippen LogP) is 3.62. The number of amides is 1. The number of hydrogen-bond donors (Lipinski definition) is 1. The number of hydrogen-bond acceptors (Lipinski definition) is 3. The van der Waals surface area contributed by atoms with Crippen molar-refractivity contribution in [3.05, 3.63) is 60.4 Å². The molecule has 0 saturated heterocycles.